The fraction of sp³-hybridized carbons (Fsp3) is 0.286. The molecule has 6 nitrogen and oxygen atoms in total. The van der Waals surface area contributed by atoms with Gasteiger partial charge in [-0.15, -0.1) is 0 Å². The van der Waals surface area contributed by atoms with E-state index in [4.69, 9.17) is 0 Å². The van der Waals surface area contributed by atoms with Crippen LogP contribution in [0.2, 0.25) is 0 Å². The fourth-order valence-corrected chi connectivity index (χ4v) is 2.42. The summed E-state index contributed by atoms with van der Waals surface area (Å²) in [5, 5.41) is 8.22. The molecule has 142 valence electrons. The number of nitrogens with one attached hydrogen (secondary N) is 3. The fourth-order valence-electron chi connectivity index (χ4n) is 2.42. The lowest BCUT2D eigenvalue weighted by atomic mass is 9.91. The van der Waals surface area contributed by atoms with Crippen LogP contribution in [-0.4, -0.2) is 24.3 Å². The van der Waals surface area contributed by atoms with Crippen LogP contribution >= 0.6 is 0 Å². The third-order valence-corrected chi connectivity index (χ3v) is 4.14. The summed E-state index contributed by atoms with van der Waals surface area (Å²) in [6, 6.07) is 16.5. The Kier molecular flexibility index (Phi) is 6.71. The number of anilines is 2. The Bertz CT molecular complexity index is 799. The first-order valence-corrected chi connectivity index (χ1v) is 8.80. The molecule has 0 aromatic heterocycles. The average molecular weight is 367 g/mol. The van der Waals surface area contributed by atoms with E-state index in [-0.39, 0.29) is 11.8 Å². The van der Waals surface area contributed by atoms with Gasteiger partial charge in [0.25, 0.3) is 0 Å². The number of carbonyl (C=O) groups is 3. The number of carbonyl (C=O) groups excluding carboxylic acids is 3. The molecule has 2 aromatic carbocycles. The zero-order valence-electron chi connectivity index (χ0n) is 15.8. The van der Waals surface area contributed by atoms with Crippen molar-refractivity contribution in [3.63, 3.8) is 0 Å². The quantitative estimate of drug-likeness (QED) is 0.658. The Labute approximate surface area is 159 Å². The monoisotopic (exact) mass is 367 g/mol. The first kappa shape index (κ1) is 20.2. The number of benzene rings is 2. The molecule has 0 aliphatic carbocycles. The van der Waals surface area contributed by atoms with Crippen LogP contribution in [0.25, 0.3) is 0 Å². The van der Waals surface area contributed by atoms with E-state index in [1.54, 1.807) is 38.1 Å². The van der Waals surface area contributed by atoms with E-state index in [9.17, 15) is 14.4 Å². The van der Waals surface area contributed by atoms with Gasteiger partial charge in [0, 0.05) is 24.8 Å². The molecule has 0 spiro atoms. The number of amides is 3. The third kappa shape index (κ3) is 5.95. The summed E-state index contributed by atoms with van der Waals surface area (Å²) in [5.41, 5.74) is 1.10. The van der Waals surface area contributed by atoms with Gasteiger partial charge in [0.05, 0.1) is 0 Å². The average Bonchev–Trinajstić information content (AvgIpc) is 2.63. The summed E-state index contributed by atoms with van der Waals surface area (Å²) in [7, 11) is 0. The van der Waals surface area contributed by atoms with E-state index < -0.39 is 11.3 Å². The molecule has 27 heavy (non-hydrogen) atoms. The van der Waals surface area contributed by atoms with Crippen molar-refractivity contribution >= 4 is 29.1 Å². The lowest BCUT2D eigenvalue weighted by molar-refractivity contribution is -0.138. The number of hydrogen-bond donors (Lipinski definition) is 3. The van der Waals surface area contributed by atoms with Crippen molar-refractivity contribution < 1.29 is 14.4 Å². The summed E-state index contributed by atoms with van der Waals surface area (Å²) in [6.45, 7) is 5.07. The summed E-state index contributed by atoms with van der Waals surface area (Å²) < 4.78 is 0. The highest BCUT2D eigenvalue weighted by Gasteiger charge is 2.35. The Morgan fingerprint density at radius 2 is 1.37 bits per heavy atom. The van der Waals surface area contributed by atoms with Crippen LogP contribution in [0, 0.1) is 5.41 Å². The molecular formula is C21H25N3O3. The predicted molar refractivity (Wildman–Crippen MR) is 106 cm³/mol. The third-order valence-electron chi connectivity index (χ3n) is 4.14. The highest BCUT2D eigenvalue weighted by molar-refractivity contribution is 6.09. The molecule has 0 heterocycles. The molecule has 3 amide bonds. The van der Waals surface area contributed by atoms with Gasteiger partial charge in [-0.25, -0.2) is 0 Å². The van der Waals surface area contributed by atoms with Crippen LogP contribution in [0.3, 0.4) is 0 Å². The summed E-state index contributed by atoms with van der Waals surface area (Å²) in [6.07, 6.45) is 0.703. The van der Waals surface area contributed by atoms with Crippen molar-refractivity contribution in [1.82, 2.24) is 5.32 Å². The minimum atomic E-state index is -1.22. The van der Waals surface area contributed by atoms with Crippen molar-refractivity contribution in [3.8, 4) is 0 Å². The van der Waals surface area contributed by atoms with E-state index in [2.05, 4.69) is 16.0 Å². The molecule has 0 bridgehead atoms. The molecule has 0 aliphatic heterocycles. The van der Waals surface area contributed by atoms with E-state index in [0.717, 1.165) is 5.56 Å². The maximum Gasteiger partial charge on any atom is 0.239 e. The van der Waals surface area contributed by atoms with E-state index in [1.165, 1.54) is 6.92 Å². The Balaban J connectivity index is 1.89. The van der Waals surface area contributed by atoms with Crippen LogP contribution in [-0.2, 0) is 20.8 Å². The lowest BCUT2D eigenvalue weighted by Gasteiger charge is -2.23. The van der Waals surface area contributed by atoms with Gasteiger partial charge in [-0.1, -0.05) is 30.3 Å². The molecular weight excluding hydrogens is 342 g/mol. The van der Waals surface area contributed by atoms with Crippen molar-refractivity contribution in [2.24, 2.45) is 5.41 Å². The van der Waals surface area contributed by atoms with Crippen LogP contribution in [0.1, 0.15) is 26.3 Å². The molecule has 2 rings (SSSR count). The SMILES string of the molecule is CC(=O)Nc1ccc(NC(=O)C(C)(C)C(=O)NCCc2ccccc2)cc1. The Hall–Kier alpha value is -3.15. The smallest absolute Gasteiger partial charge is 0.239 e. The van der Waals surface area contributed by atoms with Gasteiger partial charge in [-0.3, -0.25) is 14.4 Å². The van der Waals surface area contributed by atoms with Gasteiger partial charge in [0.15, 0.2) is 0 Å². The topological polar surface area (TPSA) is 87.3 Å². The maximum atomic E-state index is 12.5. The first-order valence-electron chi connectivity index (χ1n) is 8.80. The van der Waals surface area contributed by atoms with Crippen LogP contribution in [0.15, 0.2) is 54.6 Å². The second-order valence-corrected chi connectivity index (χ2v) is 6.83. The van der Waals surface area contributed by atoms with Crippen molar-refractivity contribution in [3.05, 3.63) is 60.2 Å². The van der Waals surface area contributed by atoms with E-state index >= 15 is 0 Å². The zero-order valence-corrected chi connectivity index (χ0v) is 15.8. The van der Waals surface area contributed by atoms with Gasteiger partial charge < -0.3 is 16.0 Å². The largest absolute Gasteiger partial charge is 0.355 e. The molecule has 0 saturated heterocycles. The van der Waals surface area contributed by atoms with Crippen molar-refractivity contribution in [2.75, 3.05) is 17.2 Å². The predicted octanol–water partition coefficient (Wildman–Crippen LogP) is 2.97. The van der Waals surface area contributed by atoms with Gasteiger partial charge in [0.1, 0.15) is 5.41 Å². The van der Waals surface area contributed by atoms with Crippen molar-refractivity contribution in [1.29, 1.82) is 0 Å². The maximum absolute atomic E-state index is 12.5. The highest BCUT2D eigenvalue weighted by Crippen LogP contribution is 2.20. The molecule has 0 radical (unpaired) electrons. The minimum Gasteiger partial charge on any atom is -0.355 e. The van der Waals surface area contributed by atoms with Gasteiger partial charge in [-0.2, -0.15) is 0 Å². The van der Waals surface area contributed by atoms with Gasteiger partial charge in [-0.05, 0) is 50.1 Å². The van der Waals surface area contributed by atoms with Crippen LogP contribution < -0.4 is 16.0 Å². The van der Waals surface area contributed by atoms with E-state index in [0.29, 0.717) is 24.3 Å². The van der Waals surface area contributed by atoms with Crippen molar-refractivity contribution in [2.45, 2.75) is 27.2 Å². The molecule has 0 unspecified atom stereocenters. The zero-order chi connectivity index (χ0) is 19.9. The lowest BCUT2D eigenvalue weighted by Crippen LogP contribution is -2.45. The molecule has 3 N–H and O–H groups in total. The summed E-state index contributed by atoms with van der Waals surface area (Å²) in [5.74, 6) is -0.891. The molecule has 0 saturated carbocycles. The standard InChI is InChI=1S/C21H25N3O3/c1-15(25)23-17-9-11-18(12-10-17)24-20(27)21(2,3)19(26)22-14-13-16-7-5-4-6-8-16/h4-12H,13-14H2,1-3H3,(H,22,26)(H,23,25)(H,24,27). The number of rotatable bonds is 7. The molecule has 6 heteroatoms. The normalized spacial score (nSPS) is 10.8. The van der Waals surface area contributed by atoms with Crippen LogP contribution in [0.4, 0.5) is 11.4 Å². The number of hydrogen-bond acceptors (Lipinski definition) is 3. The molecule has 0 fully saturated rings. The van der Waals surface area contributed by atoms with Gasteiger partial charge >= 0.3 is 0 Å². The Morgan fingerprint density at radius 1 is 0.815 bits per heavy atom. The first-order chi connectivity index (χ1) is 12.8. The molecule has 0 atom stereocenters. The van der Waals surface area contributed by atoms with Crippen LogP contribution in [0.5, 0.6) is 0 Å². The van der Waals surface area contributed by atoms with Gasteiger partial charge in [0.2, 0.25) is 17.7 Å². The summed E-state index contributed by atoms with van der Waals surface area (Å²) >= 11 is 0. The highest BCUT2D eigenvalue weighted by atomic mass is 16.2. The molecule has 0 aliphatic rings. The summed E-state index contributed by atoms with van der Waals surface area (Å²) in [4.78, 5) is 36.0. The second-order valence-electron chi connectivity index (χ2n) is 6.83. The van der Waals surface area contributed by atoms with E-state index in [1.807, 2.05) is 30.3 Å². The minimum absolute atomic E-state index is 0.167. The molecule has 2 aromatic rings. The Morgan fingerprint density at radius 3 is 1.93 bits per heavy atom. The second kappa shape index (κ2) is 8.98.